The van der Waals surface area contributed by atoms with Gasteiger partial charge in [-0.2, -0.15) is 0 Å². The number of thioether (sulfide) groups is 1. The summed E-state index contributed by atoms with van der Waals surface area (Å²) in [5.41, 5.74) is 0.867. The van der Waals surface area contributed by atoms with E-state index in [-0.39, 0.29) is 12.5 Å². The first-order valence-corrected chi connectivity index (χ1v) is 6.23. The molecule has 1 rings (SSSR count). The second-order valence-electron chi connectivity index (χ2n) is 3.51. The van der Waals surface area contributed by atoms with Crippen molar-refractivity contribution in [1.82, 2.24) is 5.32 Å². The largest absolute Gasteiger partial charge is 0.389 e. The lowest BCUT2D eigenvalue weighted by molar-refractivity contribution is -0.118. The summed E-state index contributed by atoms with van der Waals surface area (Å²) in [6.45, 7) is 1.98. The van der Waals surface area contributed by atoms with E-state index >= 15 is 0 Å². The zero-order valence-corrected chi connectivity index (χ0v) is 10.5. The maximum absolute atomic E-state index is 11.3. The van der Waals surface area contributed by atoms with E-state index in [9.17, 15) is 9.90 Å². The molecule has 1 aromatic rings. The lowest BCUT2D eigenvalue weighted by Crippen LogP contribution is -2.25. The van der Waals surface area contributed by atoms with E-state index in [1.165, 1.54) is 11.8 Å². The van der Waals surface area contributed by atoms with Gasteiger partial charge in [0.1, 0.15) is 0 Å². The summed E-state index contributed by atoms with van der Waals surface area (Å²) in [5.74, 6) is 2.61. The summed E-state index contributed by atoms with van der Waals surface area (Å²) in [5, 5.41) is 11.9. The van der Waals surface area contributed by atoms with Crippen LogP contribution in [0, 0.1) is 12.3 Å². The fourth-order valence-corrected chi connectivity index (χ4v) is 1.92. The molecule has 0 saturated heterocycles. The summed E-state index contributed by atoms with van der Waals surface area (Å²) in [4.78, 5) is 12.3. The maximum atomic E-state index is 11.3. The Kier molecular flexibility index (Phi) is 5.61. The lowest BCUT2D eigenvalue weighted by atomic mass is 10.1. The van der Waals surface area contributed by atoms with Crippen molar-refractivity contribution in [3.63, 3.8) is 0 Å². The number of aliphatic hydroxyl groups is 1. The number of amides is 1. The number of hydrogen-bond donors (Lipinski definition) is 2. The lowest BCUT2D eigenvalue weighted by Gasteiger charge is -2.06. The quantitative estimate of drug-likeness (QED) is 0.615. The monoisotopic (exact) mass is 249 g/mol. The van der Waals surface area contributed by atoms with Gasteiger partial charge in [-0.25, -0.2) is 0 Å². The van der Waals surface area contributed by atoms with Gasteiger partial charge in [0.2, 0.25) is 5.91 Å². The first-order valence-electron chi connectivity index (χ1n) is 5.24. The predicted octanol–water partition coefficient (Wildman–Crippen LogP) is 1.58. The molecule has 0 radical (unpaired) electrons. The first-order chi connectivity index (χ1) is 8.13. The smallest absolute Gasteiger partial charge is 0.231 e. The molecule has 0 aliphatic heterocycles. The molecule has 1 unspecified atom stereocenters. The highest BCUT2D eigenvalue weighted by Gasteiger charge is 2.03. The number of carbonyl (C=O) groups is 1. The number of carbonyl (C=O) groups excluding carboxylic acids is 1. The van der Waals surface area contributed by atoms with E-state index in [4.69, 9.17) is 6.42 Å². The van der Waals surface area contributed by atoms with Crippen molar-refractivity contribution in [3.8, 4) is 12.3 Å². The molecule has 0 heterocycles. The van der Waals surface area contributed by atoms with E-state index < -0.39 is 6.10 Å². The SMILES string of the molecule is C#CCNC(=O)CSc1ccc(C(C)O)cc1. The van der Waals surface area contributed by atoms with Crippen molar-refractivity contribution in [1.29, 1.82) is 0 Å². The molecule has 0 aliphatic carbocycles. The molecule has 0 aliphatic rings. The van der Waals surface area contributed by atoms with Gasteiger partial charge in [-0.05, 0) is 24.6 Å². The Balaban J connectivity index is 2.42. The summed E-state index contributed by atoms with van der Waals surface area (Å²) >= 11 is 1.44. The van der Waals surface area contributed by atoms with Crippen molar-refractivity contribution in [2.45, 2.75) is 17.9 Å². The number of hydrogen-bond acceptors (Lipinski definition) is 3. The second-order valence-corrected chi connectivity index (χ2v) is 4.56. The predicted molar refractivity (Wildman–Crippen MR) is 69.6 cm³/mol. The fourth-order valence-electron chi connectivity index (χ4n) is 1.19. The van der Waals surface area contributed by atoms with Gasteiger partial charge in [0.25, 0.3) is 0 Å². The summed E-state index contributed by atoms with van der Waals surface area (Å²) < 4.78 is 0. The average molecular weight is 249 g/mol. The van der Waals surface area contributed by atoms with Crippen LogP contribution in [0.15, 0.2) is 29.2 Å². The standard InChI is InChI=1S/C13H15NO2S/c1-3-8-14-13(16)9-17-12-6-4-11(5-7-12)10(2)15/h1,4-7,10,15H,8-9H2,2H3,(H,14,16). The molecule has 3 nitrogen and oxygen atoms in total. The molecule has 1 aromatic carbocycles. The van der Waals surface area contributed by atoms with E-state index in [2.05, 4.69) is 11.2 Å². The zero-order chi connectivity index (χ0) is 12.7. The highest BCUT2D eigenvalue weighted by atomic mass is 32.2. The van der Waals surface area contributed by atoms with Crippen LogP contribution in [0.3, 0.4) is 0 Å². The summed E-state index contributed by atoms with van der Waals surface area (Å²) in [7, 11) is 0. The minimum Gasteiger partial charge on any atom is -0.389 e. The van der Waals surface area contributed by atoms with Crippen molar-refractivity contribution in [2.75, 3.05) is 12.3 Å². The first kappa shape index (κ1) is 13.6. The van der Waals surface area contributed by atoms with Gasteiger partial charge in [0.05, 0.1) is 18.4 Å². The second kappa shape index (κ2) is 7.00. The maximum Gasteiger partial charge on any atom is 0.231 e. The van der Waals surface area contributed by atoms with Crippen LogP contribution < -0.4 is 5.32 Å². The topological polar surface area (TPSA) is 49.3 Å². The van der Waals surface area contributed by atoms with Gasteiger partial charge in [-0.15, -0.1) is 18.2 Å². The van der Waals surface area contributed by atoms with Gasteiger partial charge in [0.15, 0.2) is 0 Å². The van der Waals surface area contributed by atoms with Crippen LogP contribution in [0.5, 0.6) is 0 Å². The molecule has 1 atom stereocenters. The number of benzene rings is 1. The van der Waals surface area contributed by atoms with Crippen LogP contribution in [-0.4, -0.2) is 23.3 Å². The van der Waals surface area contributed by atoms with Crippen molar-refractivity contribution < 1.29 is 9.90 Å². The van der Waals surface area contributed by atoms with Gasteiger partial charge in [-0.3, -0.25) is 4.79 Å². The molecule has 90 valence electrons. The Morgan fingerprint density at radius 3 is 2.71 bits per heavy atom. The van der Waals surface area contributed by atoms with Crippen LogP contribution in [0.1, 0.15) is 18.6 Å². The van der Waals surface area contributed by atoms with E-state index in [0.717, 1.165) is 10.5 Å². The highest BCUT2D eigenvalue weighted by Crippen LogP contribution is 2.20. The third kappa shape index (κ3) is 4.94. The van der Waals surface area contributed by atoms with Crippen LogP contribution in [0.4, 0.5) is 0 Å². The number of nitrogens with one attached hydrogen (secondary N) is 1. The Morgan fingerprint density at radius 1 is 1.53 bits per heavy atom. The van der Waals surface area contributed by atoms with Crippen molar-refractivity contribution >= 4 is 17.7 Å². The summed E-state index contributed by atoms with van der Waals surface area (Å²) in [6.07, 6.45) is 4.57. The van der Waals surface area contributed by atoms with E-state index in [0.29, 0.717) is 5.75 Å². The molecular formula is C13H15NO2S. The number of terminal acetylenes is 1. The molecule has 0 aromatic heterocycles. The molecule has 4 heteroatoms. The van der Waals surface area contributed by atoms with Gasteiger partial charge < -0.3 is 10.4 Å². The molecule has 0 saturated carbocycles. The van der Waals surface area contributed by atoms with Crippen molar-refractivity contribution in [3.05, 3.63) is 29.8 Å². The van der Waals surface area contributed by atoms with Crippen LogP contribution in [-0.2, 0) is 4.79 Å². The Labute approximate surface area is 106 Å². The highest BCUT2D eigenvalue weighted by molar-refractivity contribution is 8.00. The van der Waals surface area contributed by atoms with Gasteiger partial charge >= 0.3 is 0 Å². The molecule has 0 bridgehead atoms. The van der Waals surface area contributed by atoms with E-state index in [1.54, 1.807) is 6.92 Å². The third-order valence-corrected chi connectivity index (χ3v) is 3.13. The number of aliphatic hydroxyl groups excluding tert-OH is 1. The van der Waals surface area contributed by atoms with Crippen molar-refractivity contribution in [2.24, 2.45) is 0 Å². The normalized spacial score (nSPS) is 11.6. The molecule has 0 fully saturated rings. The molecule has 1 amide bonds. The van der Waals surface area contributed by atoms with Gasteiger partial charge in [-0.1, -0.05) is 18.1 Å². The Morgan fingerprint density at radius 2 is 2.18 bits per heavy atom. The summed E-state index contributed by atoms with van der Waals surface area (Å²) in [6, 6.07) is 7.49. The van der Waals surface area contributed by atoms with E-state index in [1.807, 2.05) is 24.3 Å². The molecular weight excluding hydrogens is 234 g/mol. The average Bonchev–Trinajstić information content (AvgIpc) is 2.34. The van der Waals surface area contributed by atoms with Crippen LogP contribution in [0.25, 0.3) is 0 Å². The molecule has 17 heavy (non-hydrogen) atoms. The van der Waals surface area contributed by atoms with Gasteiger partial charge in [0, 0.05) is 4.90 Å². The minimum absolute atomic E-state index is 0.0763. The number of rotatable bonds is 5. The molecule has 2 N–H and O–H groups in total. The third-order valence-electron chi connectivity index (χ3n) is 2.12. The molecule has 0 spiro atoms. The zero-order valence-electron chi connectivity index (χ0n) is 9.64. The minimum atomic E-state index is -0.465. The van der Waals surface area contributed by atoms with Crippen LogP contribution >= 0.6 is 11.8 Å². The fraction of sp³-hybridized carbons (Fsp3) is 0.308. The Bertz CT molecular complexity index is 406. The Hall–Kier alpha value is -1.44. The van der Waals surface area contributed by atoms with Crippen LogP contribution in [0.2, 0.25) is 0 Å².